The summed E-state index contributed by atoms with van der Waals surface area (Å²) in [7, 11) is 1.68. The maximum Gasteiger partial charge on any atom is 0.311 e. The van der Waals surface area contributed by atoms with E-state index in [4.69, 9.17) is 9.47 Å². The fourth-order valence-electron chi connectivity index (χ4n) is 3.04. The molecule has 0 radical (unpaired) electrons. The number of hydrogen-bond acceptors (Lipinski definition) is 6. The largest absolute Gasteiger partial charge is 0.379 e. The molecule has 1 fully saturated rings. The Hall–Kier alpha value is -1.31. The zero-order valence-corrected chi connectivity index (χ0v) is 14.3. The summed E-state index contributed by atoms with van der Waals surface area (Å²) in [5, 5.41) is 0. The molecule has 120 valence electrons. The van der Waals surface area contributed by atoms with Gasteiger partial charge in [-0.3, -0.25) is 9.36 Å². The van der Waals surface area contributed by atoms with Crippen LogP contribution in [0, 0.1) is 19.8 Å². The topological polar surface area (TPSA) is 66.2 Å². The Bertz CT molecular complexity index is 754. The van der Waals surface area contributed by atoms with Crippen LogP contribution in [0.25, 0.3) is 10.3 Å². The second kappa shape index (κ2) is 5.72. The van der Waals surface area contributed by atoms with Crippen LogP contribution in [0.1, 0.15) is 38.0 Å². The van der Waals surface area contributed by atoms with E-state index in [0.717, 1.165) is 16.8 Å². The van der Waals surface area contributed by atoms with Crippen molar-refractivity contribution in [3.63, 3.8) is 0 Å². The van der Waals surface area contributed by atoms with Crippen LogP contribution >= 0.6 is 11.3 Å². The number of aromatic nitrogens is 3. The number of ether oxygens (including phenoxy) is 2. The molecule has 1 saturated heterocycles. The first-order valence-corrected chi connectivity index (χ1v) is 8.28. The van der Waals surface area contributed by atoms with Crippen molar-refractivity contribution in [2.24, 2.45) is 5.92 Å². The van der Waals surface area contributed by atoms with Gasteiger partial charge in [-0.25, -0.2) is 9.97 Å². The minimum atomic E-state index is -0.294. The van der Waals surface area contributed by atoms with Crippen molar-refractivity contribution in [1.29, 1.82) is 0 Å². The molecule has 4 atom stereocenters. The highest BCUT2D eigenvalue weighted by Crippen LogP contribution is 2.37. The van der Waals surface area contributed by atoms with Crippen molar-refractivity contribution < 1.29 is 9.47 Å². The summed E-state index contributed by atoms with van der Waals surface area (Å²) >= 11 is 1.19. The fourth-order valence-corrected chi connectivity index (χ4v) is 3.93. The van der Waals surface area contributed by atoms with E-state index in [0.29, 0.717) is 11.5 Å². The third-order valence-corrected chi connectivity index (χ3v) is 5.35. The minimum Gasteiger partial charge on any atom is -0.379 e. The molecule has 7 heteroatoms. The van der Waals surface area contributed by atoms with Crippen molar-refractivity contribution >= 4 is 21.7 Å². The van der Waals surface area contributed by atoms with E-state index >= 15 is 0 Å². The van der Waals surface area contributed by atoms with Crippen LogP contribution in [0.15, 0.2) is 4.79 Å². The van der Waals surface area contributed by atoms with Gasteiger partial charge in [0, 0.05) is 13.0 Å². The van der Waals surface area contributed by atoms with Crippen LogP contribution in [0.5, 0.6) is 0 Å². The first-order chi connectivity index (χ1) is 10.4. The first-order valence-electron chi connectivity index (χ1n) is 7.47. The summed E-state index contributed by atoms with van der Waals surface area (Å²) in [6.45, 7) is 7.84. The molecule has 3 heterocycles. The molecule has 1 unspecified atom stereocenters. The summed E-state index contributed by atoms with van der Waals surface area (Å²) in [4.78, 5) is 21.3. The lowest BCUT2D eigenvalue weighted by atomic mass is 10.0. The molecular weight excluding hydrogens is 302 g/mol. The molecule has 22 heavy (non-hydrogen) atoms. The highest BCUT2D eigenvalue weighted by Gasteiger charge is 2.38. The SMILES string of the molecule is COC(C)[C@@H]1C[C@@H](C)[C@H](n2c(=O)sc3c(C)nc(C)nc32)O1. The van der Waals surface area contributed by atoms with Crippen molar-refractivity contribution in [2.45, 2.75) is 52.6 Å². The Morgan fingerprint density at radius 1 is 1.41 bits per heavy atom. The molecule has 0 aromatic carbocycles. The normalized spacial score (nSPS) is 26.7. The van der Waals surface area contributed by atoms with E-state index in [-0.39, 0.29) is 29.2 Å². The Morgan fingerprint density at radius 3 is 2.82 bits per heavy atom. The van der Waals surface area contributed by atoms with E-state index < -0.39 is 0 Å². The summed E-state index contributed by atoms with van der Waals surface area (Å²) in [6, 6.07) is 0. The van der Waals surface area contributed by atoms with Crippen LogP contribution in [0.2, 0.25) is 0 Å². The van der Waals surface area contributed by atoms with Gasteiger partial charge in [-0.2, -0.15) is 0 Å². The van der Waals surface area contributed by atoms with Gasteiger partial charge in [0.25, 0.3) is 0 Å². The number of fused-ring (bicyclic) bond motifs is 1. The second-order valence-corrected chi connectivity index (χ2v) is 6.93. The fraction of sp³-hybridized carbons (Fsp3) is 0.667. The first kappa shape index (κ1) is 15.6. The summed E-state index contributed by atoms with van der Waals surface area (Å²) in [5.74, 6) is 0.901. The Kier molecular flexibility index (Phi) is 4.05. The smallest absolute Gasteiger partial charge is 0.311 e. The number of hydrogen-bond donors (Lipinski definition) is 0. The zero-order chi connectivity index (χ0) is 16.0. The van der Waals surface area contributed by atoms with E-state index in [2.05, 4.69) is 16.9 Å². The van der Waals surface area contributed by atoms with Crippen LogP contribution in [0.4, 0.5) is 0 Å². The van der Waals surface area contributed by atoms with Gasteiger partial charge in [-0.1, -0.05) is 18.3 Å². The third-order valence-electron chi connectivity index (χ3n) is 4.30. The van der Waals surface area contributed by atoms with Crippen molar-refractivity contribution in [3.8, 4) is 0 Å². The summed E-state index contributed by atoms with van der Waals surface area (Å²) in [5.41, 5.74) is 1.53. The van der Waals surface area contributed by atoms with Gasteiger partial charge < -0.3 is 9.47 Å². The number of rotatable bonds is 3. The van der Waals surface area contributed by atoms with E-state index in [9.17, 15) is 4.79 Å². The molecule has 3 rings (SSSR count). The molecule has 6 nitrogen and oxygen atoms in total. The van der Waals surface area contributed by atoms with E-state index in [1.54, 1.807) is 11.7 Å². The van der Waals surface area contributed by atoms with Gasteiger partial charge in [0.05, 0.1) is 22.6 Å². The highest BCUT2D eigenvalue weighted by atomic mass is 32.1. The lowest BCUT2D eigenvalue weighted by Crippen LogP contribution is -2.27. The highest BCUT2D eigenvalue weighted by molar-refractivity contribution is 7.16. The average molecular weight is 323 g/mol. The van der Waals surface area contributed by atoms with Gasteiger partial charge in [0.2, 0.25) is 0 Å². The summed E-state index contributed by atoms with van der Waals surface area (Å²) in [6.07, 6.45) is 0.576. The monoisotopic (exact) mass is 323 g/mol. The van der Waals surface area contributed by atoms with E-state index in [1.807, 2.05) is 20.8 Å². The van der Waals surface area contributed by atoms with E-state index in [1.165, 1.54) is 11.3 Å². The standard InChI is InChI=1S/C15H21N3O3S/c1-7-6-11(9(3)20-5)21-14(7)18-13-12(22-15(18)19)8(2)16-10(4)17-13/h7,9,11,14H,6H2,1-5H3/t7-,9?,11+,14-/m1/s1. The Balaban J connectivity index is 2.07. The van der Waals surface area contributed by atoms with Gasteiger partial charge in [-0.05, 0) is 27.2 Å². The molecule has 0 bridgehead atoms. The predicted octanol–water partition coefficient (Wildman–Crippen LogP) is 2.43. The van der Waals surface area contributed by atoms with Crippen LogP contribution in [-0.4, -0.2) is 33.9 Å². The van der Waals surface area contributed by atoms with Gasteiger partial charge in [0.1, 0.15) is 12.1 Å². The van der Waals surface area contributed by atoms with Crippen LogP contribution in [-0.2, 0) is 9.47 Å². The number of thiazole rings is 1. The maximum atomic E-state index is 12.5. The number of methoxy groups -OCH3 is 1. The summed E-state index contributed by atoms with van der Waals surface area (Å²) < 4.78 is 14.0. The van der Waals surface area contributed by atoms with Crippen molar-refractivity contribution in [3.05, 3.63) is 21.2 Å². The zero-order valence-electron chi connectivity index (χ0n) is 13.5. The quantitative estimate of drug-likeness (QED) is 0.868. The lowest BCUT2D eigenvalue weighted by Gasteiger charge is -2.19. The van der Waals surface area contributed by atoms with Crippen LogP contribution < -0.4 is 4.87 Å². The molecule has 0 N–H and O–H groups in total. The van der Waals surface area contributed by atoms with Crippen molar-refractivity contribution in [2.75, 3.05) is 7.11 Å². The second-order valence-electron chi connectivity index (χ2n) is 5.97. The molecule has 2 aromatic rings. The lowest BCUT2D eigenvalue weighted by molar-refractivity contribution is -0.0703. The van der Waals surface area contributed by atoms with Crippen LogP contribution in [0.3, 0.4) is 0 Å². The maximum absolute atomic E-state index is 12.5. The van der Waals surface area contributed by atoms with Gasteiger partial charge in [0.15, 0.2) is 5.65 Å². The van der Waals surface area contributed by atoms with Crippen molar-refractivity contribution in [1.82, 2.24) is 14.5 Å². The molecule has 0 spiro atoms. The molecule has 2 aromatic heterocycles. The van der Waals surface area contributed by atoms with Gasteiger partial charge >= 0.3 is 4.87 Å². The Labute approximate surface area is 133 Å². The predicted molar refractivity (Wildman–Crippen MR) is 85.3 cm³/mol. The molecule has 1 aliphatic heterocycles. The number of aryl methyl sites for hydroxylation is 2. The Morgan fingerprint density at radius 2 is 2.14 bits per heavy atom. The number of nitrogens with zero attached hydrogens (tertiary/aromatic N) is 3. The molecule has 0 aliphatic carbocycles. The minimum absolute atomic E-state index is 0.00381. The third kappa shape index (κ3) is 2.47. The molecular formula is C15H21N3O3S. The van der Waals surface area contributed by atoms with Gasteiger partial charge in [-0.15, -0.1) is 0 Å². The molecule has 0 saturated carbocycles. The molecule has 1 aliphatic rings. The molecule has 0 amide bonds. The average Bonchev–Trinajstić information content (AvgIpc) is 2.98.